The van der Waals surface area contributed by atoms with Crippen molar-refractivity contribution in [2.24, 2.45) is 5.92 Å². The van der Waals surface area contributed by atoms with Gasteiger partial charge in [-0.05, 0) is 45.6 Å². The van der Waals surface area contributed by atoms with Crippen molar-refractivity contribution in [3.8, 4) is 0 Å². The van der Waals surface area contributed by atoms with Gasteiger partial charge in [-0.3, -0.25) is 23.9 Å². The number of rotatable bonds is 5. The van der Waals surface area contributed by atoms with E-state index in [9.17, 15) is 14.4 Å². The Kier molecular flexibility index (Phi) is 7.05. The molecule has 1 aromatic heterocycles. The van der Waals surface area contributed by atoms with Gasteiger partial charge in [-0.25, -0.2) is 4.98 Å². The van der Waals surface area contributed by atoms with E-state index in [0.717, 1.165) is 76.1 Å². The molecule has 1 amide bonds. The number of aryl methyl sites for hydroxylation is 1. The summed E-state index contributed by atoms with van der Waals surface area (Å²) in [5.74, 6) is 0.795. The lowest BCUT2D eigenvalue weighted by atomic mass is 9.98. The maximum atomic E-state index is 12.9. The van der Waals surface area contributed by atoms with E-state index in [-0.39, 0.29) is 29.3 Å². The molecule has 4 rings (SSSR count). The third-order valence-corrected chi connectivity index (χ3v) is 6.83. The Morgan fingerprint density at radius 1 is 1.10 bits per heavy atom. The normalized spacial score (nSPS) is 24.5. The molecule has 0 bridgehead atoms. The molecule has 0 N–H and O–H groups in total. The molecule has 4 heterocycles. The molecule has 8 nitrogen and oxygen atoms in total. The molecule has 31 heavy (non-hydrogen) atoms. The molecule has 2 atom stereocenters. The van der Waals surface area contributed by atoms with E-state index in [4.69, 9.17) is 9.72 Å². The van der Waals surface area contributed by atoms with E-state index < -0.39 is 0 Å². The minimum atomic E-state index is -0.208. The minimum absolute atomic E-state index is 0.0646. The topological polar surface area (TPSA) is 84.7 Å². The lowest BCUT2D eigenvalue weighted by molar-refractivity contribution is -0.151. The van der Waals surface area contributed by atoms with Gasteiger partial charge in [0.1, 0.15) is 5.82 Å². The molecule has 2 fully saturated rings. The summed E-state index contributed by atoms with van der Waals surface area (Å²) in [5.41, 5.74) is 0.947. The van der Waals surface area contributed by atoms with Gasteiger partial charge < -0.3 is 9.64 Å². The summed E-state index contributed by atoms with van der Waals surface area (Å²) in [4.78, 5) is 46.4. The number of aromatic nitrogens is 2. The van der Waals surface area contributed by atoms with Crippen LogP contribution in [0.5, 0.6) is 0 Å². The Bertz CT molecular complexity index is 868. The van der Waals surface area contributed by atoms with Crippen LogP contribution in [-0.2, 0) is 27.3 Å². The number of hydrogen-bond donors (Lipinski definition) is 0. The maximum Gasteiger partial charge on any atom is 0.310 e. The van der Waals surface area contributed by atoms with Gasteiger partial charge in [0.05, 0.1) is 24.8 Å². The summed E-state index contributed by atoms with van der Waals surface area (Å²) < 4.78 is 6.98. The summed E-state index contributed by atoms with van der Waals surface area (Å²) in [5, 5.41) is 0. The van der Waals surface area contributed by atoms with E-state index in [1.165, 1.54) is 0 Å². The van der Waals surface area contributed by atoms with Crippen LogP contribution in [-0.4, -0.2) is 70.6 Å². The zero-order chi connectivity index (χ0) is 21.8. The number of fused-ring (bicyclic) bond motifs is 1. The van der Waals surface area contributed by atoms with Gasteiger partial charge in [-0.1, -0.05) is 6.42 Å². The molecule has 0 spiro atoms. The van der Waals surface area contributed by atoms with E-state index in [2.05, 4.69) is 4.90 Å². The molecule has 3 aliphatic rings. The molecule has 3 aliphatic heterocycles. The summed E-state index contributed by atoms with van der Waals surface area (Å²) >= 11 is 0. The van der Waals surface area contributed by atoms with Gasteiger partial charge in [0.25, 0.3) is 5.56 Å². The number of nitrogens with zero attached hydrogens (tertiary/aromatic N) is 4. The zero-order valence-corrected chi connectivity index (χ0v) is 18.6. The number of esters is 1. The van der Waals surface area contributed by atoms with Crippen molar-refractivity contribution in [1.29, 1.82) is 0 Å². The molecule has 8 heteroatoms. The molecule has 0 unspecified atom stereocenters. The predicted octanol–water partition coefficient (Wildman–Crippen LogP) is 1.56. The van der Waals surface area contributed by atoms with Crippen LogP contribution in [0.15, 0.2) is 10.9 Å². The van der Waals surface area contributed by atoms with Crippen molar-refractivity contribution >= 4 is 11.9 Å². The Balaban J connectivity index is 1.35. The summed E-state index contributed by atoms with van der Waals surface area (Å²) in [6.07, 6.45) is 6.67. The van der Waals surface area contributed by atoms with Gasteiger partial charge >= 0.3 is 5.97 Å². The fourth-order valence-corrected chi connectivity index (χ4v) is 5.11. The number of piperidine rings is 1. The van der Waals surface area contributed by atoms with Crippen molar-refractivity contribution in [3.63, 3.8) is 0 Å². The van der Waals surface area contributed by atoms with Gasteiger partial charge in [0, 0.05) is 44.6 Å². The first-order chi connectivity index (χ1) is 15.0. The Hall–Kier alpha value is -2.22. The van der Waals surface area contributed by atoms with Crippen molar-refractivity contribution in [1.82, 2.24) is 19.4 Å². The molecule has 0 aromatic carbocycles. The van der Waals surface area contributed by atoms with E-state index in [1.54, 1.807) is 13.0 Å². The zero-order valence-electron chi connectivity index (χ0n) is 18.6. The van der Waals surface area contributed by atoms with Crippen molar-refractivity contribution in [2.75, 3.05) is 39.3 Å². The largest absolute Gasteiger partial charge is 0.466 e. The van der Waals surface area contributed by atoms with Crippen molar-refractivity contribution in [2.45, 2.75) is 64.3 Å². The highest BCUT2D eigenvalue weighted by Gasteiger charge is 2.32. The predicted molar refractivity (Wildman–Crippen MR) is 116 cm³/mol. The van der Waals surface area contributed by atoms with E-state index in [0.29, 0.717) is 26.2 Å². The number of hydrogen-bond acceptors (Lipinski definition) is 6. The highest BCUT2D eigenvalue weighted by atomic mass is 16.5. The number of likely N-dealkylation sites (tertiary alicyclic amines) is 2. The van der Waals surface area contributed by atoms with Crippen molar-refractivity contribution in [3.05, 3.63) is 27.9 Å². The second-order valence-electron chi connectivity index (χ2n) is 9.05. The van der Waals surface area contributed by atoms with Gasteiger partial charge in [-0.2, -0.15) is 0 Å². The van der Waals surface area contributed by atoms with Crippen LogP contribution in [0.4, 0.5) is 0 Å². The third-order valence-electron chi connectivity index (χ3n) is 6.83. The molecular formula is C23H34N4O4. The summed E-state index contributed by atoms with van der Waals surface area (Å²) in [6.45, 7) is 6.04. The molecular weight excluding hydrogens is 396 g/mol. The van der Waals surface area contributed by atoms with Crippen LogP contribution in [0.3, 0.4) is 0 Å². The van der Waals surface area contributed by atoms with Crippen molar-refractivity contribution < 1.29 is 14.3 Å². The first kappa shape index (κ1) is 22.0. The highest BCUT2D eigenvalue weighted by Crippen LogP contribution is 2.26. The fraction of sp³-hybridized carbons (Fsp3) is 0.739. The molecule has 1 aromatic rings. The van der Waals surface area contributed by atoms with Gasteiger partial charge in [0.15, 0.2) is 0 Å². The average Bonchev–Trinajstić information content (AvgIpc) is 3.09. The van der Waals surface area contributed by atoms with Crippen LogP contribution in [0, 0.1) is 5.92 Å². The first-order valence-electron chi connectivity index (χ1n) is 11.8. The number of ether oxygens (including phenoxy) is 1. The standard InChI is InChI=1S/C23H34N4O4/c1-2-31-23(30)18-7-6-10-26(15-18)22(29)16-25-12-9-17(14-25)19-13-21(28)27-11-5-3-4-8-20(27)24-19/h13,17-18H,2-12,14-16H2,1H3/t17-,18+/m1/s1. The number of carbonyl (C=O) groups is 2. The third kappa shape index (κ3) is 5.17. The Morgan fingerprint density at radius 3 is 2.81 bits per heavy atom. The second kappa shape index (κ2) is 9.94. The number of carbonyl (C=O) groups excluding carboxylic acids is 2. The van der Waals surface area contributed by atoms with Crippen LogP contribution in [0.1, 0.15) is 62.9 Å². The number of amides is 1. The highest BCUT2D eigenvalue weighted by molar-refractivity contribution is 5.80. The molecule has 0 radical (unpaired) electrons. The molecule has 2 saturated heterocycles. The van der Waals surface area contributed by atoms with Gasteiger partial charge in [0.2, 0.25) is 5.91 Å². The molecule has 0 aliphatic carbocycles. The maximum absolute atomic E-state index is 12.9. The molecule has 0 saturated carbocycles. The molecule has 170 valence electrons. The second-order valence-corrected chi connectivity index (χ2v) is 9.05. The van der Waals surface area contributed by atoms with Gasteiger partial charge in [-0.15, -0.1) is 0 Å². The minimum Gasteiger partial charge on any atom is -0.466 e. The lowest BCUT2D eigenvalue weighted by Crippen LogP contribution is -2.46. The Labute approximate surface area is 183 Å². The van der Waals surface area contributed by atoms with Crippen LogP contribution < -0.4 is 5.56 Å². The monoisotopic (exact) mass is 430 g/mol. The first-order valence-corrected chi connectivity index (χ1v) is 11.8. The SMILES string of the molecule is CCOC(=O)[C@H]1CCCN(C(=O)CN2CC[C@@H](c3cc(=O)n4c(n3)CCCCC4)C2)C1. The average molecular weight is 431 g/mol. The van der Waals surface area contributed by atoms with Crippen LogP contribution >= 0.6 is 0 Å². The van der Waals surface area contributed by atoms with Crippen LogP contribution in [0.2, 0.25) is 0 Å². The van der Waals surface area contributed by atoms with E-state index in [1.807, 2.05) is 9.47 Å². The quantitative estimate of drug-likeness (QED) is 0.659. The smallest absolute Gasteiger partial charge is 0.310 e. The summed E-state index contributed by atoms with van der Waals surface area (Å²) in [7, 11) is 0. The van der Waals surface area contributed by atoms with Crippen LogP contribution in [0.25, 0.3) is 0 Å². The van der Waals surface area contributed by atoms with E-state index >= 15 is 0 Å². The summed E-state index contributed by atoms with van der Waals surface area (Å²) in [6, 6.07) is 1.71. The Morgan fingerprint density at radius 2 is 1.97 bits per heavy atom. The fourth-order valence-electron chi connectivity index (χ4n) is 5.11. The lowest BCUT2D eigenvalue weighted by Gasteiger charge is -2.32.